The summed E-state index contributed by atoms with van der Waals surface area (Å²) in [6, 6.07) is 8.24. The number of aromatic amines is 1. The maximum Gasteiger partial charge on any atom is 0.253 e. The number of H-pyrrole nitrogens is 1. The Morgan fingerprint density at radius 2 is 2.06 bits per heavy atom. The minimum atomic E-state index is -3.60. The lowest BCUT2D eigenvalue weighted by molar-refractivity contribution is 0.0834. The number of rotatable bonds is 6. The normalized spacial score (nSPS) is 17.2. The third kappa shape index (κ3) is 5.13. The van der Waals surface area contributed by atoms with Crippen molar-refractivity contribution in [3.63, 3.8) is 0 Å². The van der Waals surface area contributed by atoms with Gasteiger partial charge in [-0.1, -0.05) is 11.6 Å². The summed E-state index contributed by atoms with van der Waals surface area (Å²) < 4.78 is 31.9. The molecule has 1 atom stereocenters. The Hall–Kier alpha value is -2.69. The van der Waals surface area contributed by atoms with Crippen molar-refractivity contribution < 1.29 is 13.2 Å². The van der Waals surface area contributed by atoms with Crippen LogP contribution >= 0.6 is 11.6 Å². The molecule has 1 aromatic carbocycles. The largest absolute Gasteiger partial charge is 0.379 e. The van der Waals surface area contributed by atoms with Crippen LogP contribution in [0.1, 0.15) is 32.3 Å². The summed E-state index contributed by atoms with van der Waals surface area (Å²) in [7, 11) is -3.60. The third-order valence-electron chi connectivity index (χ3n) is 5.60. The van der Waals surface area contributed by atoms with Crippen LogP contribution in [0.5, 0.6) is 0 Å². The number of fused-ring (bicyclic) bond motifs is 1. The molecule has 9 nitrogen and oxygen atoms in total. The van der Waals surface area contributed by atoms with Crippen molar-refractivity contribution in [2.24, 2.45) is 0 Å². The fourth-order valence-electron chi connectivity index (χ4n) is 4.06. The fraction of sp³-hybridized carbons (Fsp3) is 0.409. The van der Waals surface area contributed by atoms with Crippen molar-refractivity contribution in [3.05, 3.63) is 57.5 Å². The van der Waals surface area contributed by atoms with Gasteiger partial charge in [0.05, 0.1) is 24.4 Å². The van der Waals surface area contributed by atoms with Crippen molar-refractivity contribution >= 4 is 44.3 Å². The summed E-state index contributed by atoms with van der Waals surface area (Å²) >= 11 is 6.11. The summed E-state index contributed by atoms with van der Waals surface area (Å²) in [5.41, 5.74) is 0.0234. The first-order chi connectivity index (χ1) is 15.5. The number of benzene rings is 1. The Labute approximate surface area is 197 Å². The SMILES string of the molecule is CC(C)(Nc1nccc(N(C2CCCOC2)S(C)(=O)=O)n1)c1cc2cc(Cl)ccc2[nH]c1=O. The van der Waals surface area contributed by atoms with E-state index in [1.165, 1.54) is 10.5 Å². The molecule has 0 radical (unpaired) electrons. The Morgan fingerprint density at radius 1 is 1.27 bits per heavy atom. The summed E-state index contributed by atoms with van der Waals surface area (Å²) in [6.45, 7) is 4.57. The standard InChI is InChI=1S/C22H26ClN5O4S/c1-22(2,17-12-14-11-15(23)6-7-18(14)25-20(17)29)27-21-24-9-8-19(26-21)28(33(3,30)31)16-5-4-10-32-13-16/h6-9,11-12,16H,4-5,10,13H2,1-3H3,(H,25,29)(H,24,26,27). The zero-order valence-corrected chi connectivity index (χ0v) is 20.2. The Morgan fingerprint density at radius 3 is 2.76 bits per heavy atom. The number of hydrogen-bond acceptors (Lipinski definition) is 7. The number of hydrogen-bond donors (Lipinski definition) is 2. The molecule has 4 rings (SSSR count). The molecule has 0 aliphatic carbocycles. The highest BCUT2D eigenvalue weighted by atomic mass is 35.5. The molecular formula is C22H26ClN5O4S. The van der Waals surface area contributed by atoms with Gasteiger partial charge in [0.25, 0.3) is 5.56 Å². The quantitative estimate of drug-likeness (QED) is 0.543. The second-order valence-electron chi connectivity index (χ2n) is 8.66. The third-order valence-corrected chi connectivity index (χ3v) is 7.03. The van der Waals surface area contributed by atoms with Gasteiger partial charge < -0.3 is 15.0 Å². The summed E-state index contributed by atoms with van der Waals surface area (Å²) in [5.74, 6) is 0.453. The molecule has 11 heteroatoms. The van der Waals surface area contributed by atoms with Crippen molar-refractivity contribution in [1.82, 2.24) is 15.0 Å². The Bertz CT molecular complexity index is 1340. The molecular weight excluding hydrogens is 466 g/mol. The summed E-state index contributed by atoms with van der Waals surface area (Å²) in [6.07, 6.45) is 4.10. The molecule has 0 bridgehead atoms. The van der Waals surface area contributed by atoms with E-state index in [2.05, 4.69) is 20.3 Å². The highest BCUT2D eigenvalue weighted by Crippen LogP contribution is 2.27. The van der Waals surface area contributed by atoms with Crippen LogP contribution in [0.2, 0.25) is 5.02 Å². The molecule has 1 fully saturated rings. The van der Waals surface area contributed by atoms with E-state index in [0.29, 0.717) is 35.7 Å². The lowest BCUT2D eigenvalue weighted by Crippen LogP contribution is -2.45. The van der Waals surface area contributed by atoms with Crippen molar-refractivity contribution in [2.45, 2.75) is 38.3 Å². The lowest BCUT2D eigenvalue weighted by Gasteiger charge is -2.33. The predicted octanol–water partition coefficient (Wildman–Crippen LogP) is 3.26. The molecule has 3 aromatic rings. The fourth-order valence-corrected chi connectivity index (χ4v) is 5.39. The van der Waals surface area contributed by atoms with Gasteiger partial charge in [0.1, 0.15) is 5.82 Å². The van der Waals surface area contributed by atoms with E-state index in [0.717, 1.165) is 18.1 Å². The topological polar surface area (TPSA) is 117 Å². The first-order valence-electron chi connectivity index (χ1n) is 10.6. The molecule has 33 heavy (non-hydrogen) atoms. The monoisotopic (exact) mass is 491 g/mol. The average Bonchev–Trinajstić information content (AvgIpc) is 2.73. The van der Waals surface area contributed by atoms with Gasteiger partial charge in [-0.15, -0.1) is 0 Å². The van der Waals surface area contributed by atoms with Crippen LogP contribution in [0.15, 0.2) is 41.3 Å². The molecule has 1 aliphatic rings. The highest BCUT2D eigenvalue weighted by molar-refractivity contribution is 7.92. The molecule has 1 aliphatic heterocycles. The van der Waals surface area contributed by atoms with E-state index in [1.54, 1.807) is 30.3 Å². The van der Waals surface area contributed by atoms with Gasteiger partial charge in [0, 0.05) is 40.4 Å². The van der Waals surface area contributed by atoms with Crippen LogP contribution in [0, 0.1) is 0 Å². The van der Waals surface area contributed by atoms with Crippen LogP contribution in [0.3, 0.4) is 0 Å². The van der Waals surface area contributed by atoms with Crippen LogP contribution in [-0.2, 0) is 20.3 Å². The van der Waals surface area contributed by atoms with Crippen LogP contribution in [0.25, 0.3) is 10.9 Å². The summed E-state index contributed by atoms with van der Waals surface area (Å²) in [5, 5.41) is 4.53. The predicted molar refractivity (Wildman–Crippen MR) is 129 cm³/mol. The smallest absolute Gasteiger partial charge is 0.253 e. The minimum Gasteiger partial charge on any atom is -0.379 e. The van der Waals surface area contributed by atoms with E-state index in [-0.39, 0.29) is 23.4 Å². The molecule has 176 valence electrons. The lowest BCUT2D eigenvalue weighted by atomic mass is 9.94. The number of aromatic nitrogens is 3. The minimum absolute atomic E-state index is 0.202. The van der Waals surface area contributed by atoms with Crippen molar-refractivity contribution in [2.75, 3.05) is 29.1 Å². The maximum absolute atomic E-state index is 12.8. The van der Waals surface area contributed by atoms with Crippen LogP contribution < -0.4 is 15.2 Å². The van der Waals surface area contributed by atoms with Crippen LogP contribution in [0.4, 0.5) is 11.8 Å². The second kappa shape index (κ2) is 8.92. The number of anilines is 2. The second-order valence-corrected chi connectivity index (χ2v) is 11.0. The van der Waals surface area contributed by atoms with Crippen molar-refractivity contribution in [3.8, 4) is 0 Å². The number of pyridine rings is 1. The zero-order valence-electron chi connectivity index (χ0n) is 18.6. The molecule has 2 N–H and O–H groups in total. The van der Waals surface area contributed by atoms with E-state index >= 15 is 0 Å². The zero-order chi connectivity index (χ0) is 23.8. The maximum atomic E-state index is 12.8. The van der Waals surface area contributed by atoms with E-state index < -0.39 is 15.6 Å². The van der Waals surface area contributed by atoms with Gasteiger partial charge in [0.2, 0.25) is 16.0 Å². The van der Waals surface area contributed by atoms with Gasteiger partial charge in [-0.25, -0.2) is 17.7 Å². The van der Waals surface area contributed by atoms with Crippen molar-refractivity contribution in [1.29, 1.82) is 0 Å². The molecule has 1 unspecified atom stereocenters. The molecule has 0 amide bonds. The Balaban J connectivity index is 1.68. The van der Waals surface area contributed by atoms with Crippen LogP contribution in [-0.4, -0.2) is 48.9 Å². The summed E-state index contributed by atoms with van der Waals surface area (Å²) in [4.78, 5) is 24.4. The van der Waals surface area contributed by atoms with E-state index in [9.17, 15) is 13.2 Å². The van der Waals surface area contributed by atoms with Gasteiger partial charge in [-0.05, 0) is 51.0 Å². The van der Waals surface area contributed by atoms with Gasteiger partial charge in [-0.2, -0.15) is 4.98 Å². The number of nitrogens with zero attached hydrogens (tertiary/aromatic N) is 3. The van der Waals surface area contributed by atoms with Gasteiger partial charge in [0.15, 0.2) is 0 Å². The number of sulfonamides is 1. The number of halogens is 1. The number of ether oxygens (including phenoxy) is 1. The van der Waals surface area contributed by atoms with E-state index in [1.807, 2.05) is 13.8 Å². The molecule has 3 heterocycles. The van der Waals surface area contributed by atoms with E-state index in [4.69, 9.17) is 16.3 Å². The molecule has 0 saturated carbocycles. The number of nitrogens with one attached hydrogen (secondary N) is 2. The highest BCUT2D eigenvalue weighted by Gasteiger charge is 2.31. The first-order valence-corrected chi connectivity index (χ1v) is 12.8. The molecule has 2 aromatic heterocycles. The molecule has 1 saturated heterocycles. The van der Waals surface area contributed by atoms with Gasteiger partial charge >= 0.3 is 0 Å². The Kier molecular flexibility index (Phi) is 6.35. The van der Waals surface area contributed by atoms with Gasteiger partial charge in [-0.3, -0.25) is 4.79 Å². The average molecular weight is 492 g/mol. The molecule has 0 spiro atoms. The first kappa shape index (κ1) is 23.5.